The first kappa shape index (κ1) is 6.24. The van der Waals surface area contributed by atoms with E-state index >= 15 is 0 Å². The summed E-state index contributed by atoms with van der Waals surface area (Å²) in [5.74, 6) is -0.00231. The van der Waals surface area contributed by atoms with Gasteiger partial charge in [0.05, 0.1) is 17.5 Å². The Labute approximate surface area is 57.8 Å². The molecule has 1 rings (SSSR count). The molecular formula is C6H6N2S. The van der Waals surface area contributed by atoms with Crippen molar-refractivity contribution in [3.05, 3.63) is 16.6 Å². The highest BCUT2D eigenvalue weighted by Gasteiger charge is 2.02. The first-order valence-corrected chi connectivity index (χ1v) is 3.50. The van der Waals surface area contributed by atoms with Crippen molar-refractivity contribution in [2.45, 2.75) is 12.8 Å². The number of nitrogens with zero attached hydrogens (tertiary/aromatic N) is 2. The molecule has 0 spiro atoms. The van der Waals surface area contributed by atoms with E-state index in [1.165, 1.54) is 11.3 Å². The van der Waals surface area contributed by atoms with Crippen LogP contribution < -0.4 is 0 Å². The van der Waals surface area contributed by atoms with Gasteiger partial charge in [-0.3, -0.25) is 4.98 Å². The Morgan fingerprint density at radius 3 is 3.11 bits per heavy atom. The Morgan fingerprint density at radius 1 is 1.89 bits per heavy atom. The van der Waals surface area contributed by atoms with Crippen LogP contribution in [0.4, 0.5) is 0 Å². The van der Waals surface area contributed by atoms with Crippen molar-refractivity contribution in [2.24, 2.45) is 0 Å². The maximum absolute atomic E-state index is 8.44. The van der Waals surface area contributed by atoms with E-state index in [0.29, 0.717) is 0 Å². The SMILES string of the molecule is CC(C#N)c1cncs1. The Hall–Kier alpha value is -0.880. The van der Waals surface area contributed by atoms with E-state index in [1.54, 1.807) is 11.7 Å². The minimum atomic E-state index is -0.00231. The van der Waals surface area contributed by atoms with Crippen LogP contribution in [0.25, 0.3) is 0 Å². The highest BCUT2D eigenvalue weighted by molar-refractivity contribution is 7.09. The number of hydrogen-bond donors (Lipinski definition) is 0. The van der Waals surface area contributed by atoms with E-state index in [-0.39, 0.29) is 5.92 Å². The zero-order valence-corrected chi connectivity index (χ0v) is 5.85. The summed E-state index contributed by atoms with van der Waals surface area (Å²) in [6.07, 6.45) is 1.73. The van der Waals surface area contributed by atoms with Gasteiger partial charge in [0.1, 0.15) is 0 Å². The predicted molar refractivity (Wildman–Crippen MR) is 36.1 cm³/mol. The third kappa shape index (κ3) is 1.27. The van der Waals surface area contributed by atoms with Crippen LogP contribution in [0.3, 0.4) is 0 Å². The second kappa shape index (κ2) is 2.60. The van der Waals surface area contributed by atoms with E-state index in [1.807, 2.05) is 6.92 Å². The first-order chi connectivity index (χ1) is 4.34. The molecule has 0 fully saturated rings. The molecule has 0 aliphatic rings. The molecule has 0 aliphatic carbocycles. The summed E-state index contributed by atoms with van der Waals surface area (Å²) in [4.78, 5) is 4.90. The number of aromatic nitrogens is 1. The van der Waals surface area contributed by atoms with Crippen molar-refractivity contribution >= 4 is 11.3 Å². The van der Waals surface area contributed by atoms with Gasteiger partial charge in [-0.2, -0.15) is 5.26 Å². The molecule has 1 aromatic heterocycles. The lowest BCUT2D eigenvalue weighted by atomic mass is 10.2. The largest absolute Gasteiger partial charge is 0.253 e. The maximum atomic E-state index is 8.44. The summed E-state index contributed by atoms with van der Waals surface area (Å²) < 4.78 is 0. The molecule has 0 N–H and O–H groups in total. The van der Waals surface area contributed by atoms with Gasteiger partial charge in [0.25, 0.3) is 0 Å². The van der Waals surface area contributed by atoms with Crippen molar-refractivity contribution < 1.29 is 0 Å². The lowest BCUT2D eigenvalue weighted by molar-refractivity contribution is 1.00. The standard InChI is InChI=1S/C6H6N2S/c1-5(2-7)6-3-8-4-9-6/h3-5H,1H3. The van der Waals surface area contributed by atoms with Gasteiger partial charge in [-0.1, -0.05) is 0 Å². The molecule has 0 aromatic carbocycles. The minimum absolute atomic E-state index is 0.00231. The molecule has 1 heterocycles. The maximum Gasteiger partial charge on any atom is 0.0794 e. The van der Waals surface area contributed by atoms with Crippen LogP contribution >= 0.6 is 11.3 Å². The topological polar surface area (TPSA) is 36.7 Å². The molecule has 0 radical (unpaired) electrons. The Balaban J connectivity index is 2.80. The first-order valence-electron chi connectivity index (χ1n) is 2.62. The lowest BCUT2D eigenvalue weighted by Crippen LogP contribution is -1.81. The van der Waals surface area contributed by atoms with Crippen LogP contribution in [-0.4, -0.2) is 4.98 Å². The monoisotopic (exact) mass is 138 g/mol. The molecule has 9 heavy (non-hydrogen) atoms. The third-order valence-corrected chi connectivity index (χ3v) is 2.03. The van der Waals surface area contributed by atoms with Gasteiger partial charge < -0.3 is 0 Å². The molecule has 1 unspecified atom stereocenters. The Bertz CT molecular complexity index is 209. The van der Waals surface area contributed by atoms with E-state index in [0.717, 1.165) is 4.88 Å². The molecule has 46 valence electrons. The van der Waals surface area contributed by atoms with E-state index in [2.05, 4.69) is 11.1 Å². The number of hydrogen-bond acceptors (Lipinski definition) is 3. The molecule has 3 heteroatoms. The summed E-state index contributed by atoms with van der Waals surface area (Å²) in [5, 5.41) is 8.44. The van der Waals surface area contributed by atoms with Gasteiger partial charge in [0.2, 0.25) is 0 Å². The van der Waals surface area contributed by atoms with Crippen molar-refractivity contribution in [3.8, 4) is 6.07 Å². The fourth-order valence-corrected chi connectivity index (χ4v) is 1.13. The van der Waals surface area contributed by atoms with Crippen LogP contribution in [0.2, 0.25) is 0 Å². The van der Waals surface area contributed by atoms with Crippen molar-refractivity contribution in [3.63, 3.8) is 0 Å². The van der Waals surface area contributed by atoms with Gasteiger partial charge in [0.15, 0.2) is 0 Å². The van der Waals surface area contributed by atoms with Gasteiger partial charge in [-0.05, 0) is 6.92 Å². The van der Waals surface area contributed by atoms with Crippen molar-refractivity contribution in [1.29, 1.82) is 5.26 Å². The fraction of sp³-hybridized carbons (Fsp3) is 0.333. The van der Waals surface area contributed by atoms with Crippen LogP contribution in [-0.2, 0) is 0 Å². The fourth-order valence-electron chi connectivity index (χ4n) is 0.503. The van der Waals surface area contributed by atoms with Gasteiger partial charge in [-0.15, -0.1) is 11.3 Å². The highest BCUT2D eigenvalue weighted by atomic mass is 32.1. The second-order valence-electron chi connectivity index (χ2n) is 1.75. The van der Waals surface area contributed by atoms with Crippen LogP contribution in [0.15, 0.2) is 11.7 Å². The number of rotatable bonds is 1. The highest BCUT2D eigenvalue weighted by Crippen LogP contribution is 2.16. The normalized spacial score (nSPS) is 12.4. The quantitative estimate of drug-likeness (QED) is 0.593. The summed E-state index contributed by atoms with van der Waals surface area (Å²) in [6, 6.07) is 2.14. The van der Waals surface area contributed by atoms with Gasteiger partial charge >= 0.3 is 0 Å². The van der Waals surface area contributed by atoms with E-state index in [9.17, 15) is 0 Å². The molecule has 1 aromatic rings. The van der Waals surface area contributed by atoms with Crippen LogP contribution in [0.5, 0.6) is 0 Å². The molecule has 0 amide bonds. The lowest BCUT2D eigenvalue weighted by Gasteiger charge is -1.91. The summed E-state index contributed by atoms with van der Waals surface area (Å²) in [7, 11) is 0. The summed E-state index contributed by atoms with van der Waals surface area (Å²) in [6.45, 7) is 1.87. The molecule has 0 bridgehead atoms. The van der Waals surface area contributed by atoms with Crippen LogP contribution in [0, 0.1) is 11.3 Å². The third-order valence-electron chi connectivity index (χ3n) is 1.07. The van der Waals surface area contributed by atoms with Crippen LogP contribution in [0.1, 0.15) is 17.7 Å². The van der Waals surface area contributed by atoms with Crippen molar-refractivity contribution in [2.75, 3.05) is 0 Å². The van der Waals surface area contributed by atoms with Gasteiger partial charge in [0, 0.05) is 11.1 Å². The predicted octanol–water partition coefficient (Wildman–Crippen LogP) is 1.77. The molecule has 0 aliphatic heterocycles. The van der Waals surface area contributed by atoms with Gasteiger partial charge in [-0.25, -0.2) is 0 Å². The minimum Gasteiger partial charge on any atom is -0.253 e. The van der Waals surface area contributed by atoms with E-state index < -0.39 is 0 Å². The average Bonchev–Trinajstić information content (AvgIpc) is 2.37. The number of nitriles is 1. The Morgan fingerprint density at radius 2 is 2.67 bits per heavy atom. The molecule has 0 saturated heterocycles. The summed E-state index contributed by atoms with van der Waals surface area (Å²) >= 11 is 1.52. The zero-order chi connectivity index (χ0) is 6.69. The van der Waals surface area contributed by atoms with Crippen molar-refractivity contribution in [1.82, 2.24) is 4.98 Å². The smallest absolute Gasteiger partial charge is 0.0794 e. The molecule has 1 atom stereocenters. The average molecular weight is 138 g/mol. The second-order valence-corrected chi connectivity index (χ2v) is 2.67. The molecule has 0 saturated carbocycles. The summed E-state index contributed by atoms with van der Waals surface area (Å²) in [5.41, 5.74) is 1.74. The molecule has 2 nitrogen and oxygen atoms in total. The van der Waals surface area contributed by atoms with E-state index in [4.69, 9.17) is 5.26 Å². The molecular weight excluding hydrogens is 132 g/mol. The zero-order valence-electron chi connectivity index (χ0n) is 5.03. The Kier molecular flexibility index (Phi) is 1.81. The number of thiazole rings is 1.